The number of H-pyrrole nitrogens is 1. The van der Waals surface area contributed by atoms with Gasteiger partial charge in [0.05, 0.1) is 20.4 Å². The van der Waals surface area contributed by atoms with Crippen LogP contribution in [0.4, 0.5) is 17.3 Å². The van der Waals surface area contributed by atoms with Gasteiger partial charge in [0, 0.05) is 37.7 Å². The number of carbonyl (C=O) groups is 6. The molecule has 2 aromatic rings. The smallest absolute Gasteiger partial charge is 0.328 e. The van der Waals surface area contributed by atoms with Crippen molar-refractivity contribution in [2.24, 2.45) is 0 Å². The van der Waals surface area contributed by atoms with Crippen LogP contribution >= 0.6 is 0 Å². The first-order valence-corrected chi connectivity index (χ1v) is 11.5. The average Bonchev–Trinajstić information content (AvgIpc) is 2.93. The molecule has 0 fully saturated rings. The van der Waals surface area contributed by atoms with Crippen molar-refractivity contribution in [3.05, 3.63) is 46.4 Å². The standard InChI is InChI=1S/C24H28N6O9/c1-15(33)26-24-25-12-19(22(36)28-24)30(14-32)11-10-29(13-31)17-6-4-16(5-7-17)21(35)27-18(23(37)39-3)8-9-20(34)38-2/h4-7,12-14,18H,8-11H2,1-3H3,(H,27,35)(H2,25,26,28,33,36). The molecule has 1 atom stereocenters. The first kappa shape index (κ1) is 30.1. The zero-order valence-electron chi connectivity index (χ0n) is 21.5. The highest BCUT2D eigenvalue weighted by Crippen LogP contribution is 2.15. The van der Waals surface area contributed by atoms with Gasteiger partial charge in [0.25, 0.3) is 11.5 Å². The molecular formula is C24H28N6O9. The lowest BCUT2D eigenvalue weighted by Crippen LogP contribution is -2.42. The van der Waals surface area contributed by atoms with Crippen LogP contribution in [0.5, 0.6) is 0 Å². The molecule has 0 bridgehead atoms. The normalized spacial score (nSPS) is 10.9. The molecule has 0 saturated heterocycles. The van der Waals surface area contributed by atoms with Crippen molar-refractivity contribution in [3.8, 4) is 0 Å². The number of benzene rings is 1. The van der Waals surface area contributed by atoms with Crippen molar-refractivity contribution < 1.29 is 38.2 Å². The molecule has 1 aromatic heterocycles. The summed E-state index contributed by atoms with van der Waals surface area (Å²) in [6.07, 6.45) is 1.90. The number of methoxy groups -OCH3 is 2. The fraction of sp³-hybridized carbons (Fsp3) is 0.333. The van der Waals surface area contributed by atoms with Crippen molar-refractivity contribution in [1.82, 2.24) is 15.3 Å². The summed E-state index contributed by atoms with van der Waals surface area (Å²) in [6, 6.07) is 4.72. The van der Waals surface area contributed by atoms with Crippen molar-refractivity contribution >= 4 is 53.9 Å². The zero-order valence-corrected chi connectivity index (χ0v) is 21.5. The number of aromatic nitrogens is 2. The molecule has 1 aromatic carbocycles. The van der Waals surface area contributed by atoms with Gasteiger partial charge in [0.2, 0.25) is 24.7 Å². The Morgan fingerprint density at radius 2 is 1.67 bits per heavy atom. The van der Waals surface area contributed by atoms with E-state index < -0.39 is 35.4 Å². The van der Waals surface area contributed by atoms with Crippen LogP contribution in [-0.4, -0.2) is 79.9 Å². The Hall–Kier alpha value is -5.08. The van der Waals surface area contributed by atoms with E-state index in [9.17, 15) is 33.6 Å². The van der Waals surface area contributed by atoms with Crippen LogP contribution in [0.1, 0.15) is 30.1 Å². The van der Waals surface area contributed by atoms with E-state index in [4.69, 9.17) is 0 Å². The number of hydrogen-bond acceptors (Lipinski definition) is 10. The Bertz CT molecular complexity index is 1260. The van der Waals surface area contributed by atoms with Gasteiger partial charge in [0.1, 0.15) is 11.7 Å². The van der Waals surface area contributed by atoms with Gasteiger partial charge >= 0.3 is 11.9 Å². The lowest BCUT2D eigenvalue weighted by molar-refractivity contribution is -0.144. The first-order chi connectivity index (χ1) is 18.6. The number of nitrogens with one attached hydrogen (secondary N) is 3. The largest absolute Gasteiger partial charge is 0.469 e. The van der Waals surface area contributed by atoms with E-state index in [0.717, 1.165) is 18.2 Å². The van der Waals surface area contributed by atoms with E-state index in [1.54, 1.807) is 0 Å². The molecule has 0 spiro atoms. The summed E-state index contributed by atoms with van der Waals surface area (Å²) in [6.45, 7) is 1.15. The maximum atomic E-state index is 12.6. The molecule has 0 saturated carbocycles. The zero-order chi connectivity index (χ0) is 28.9. The Morgan fingerprint density at radius 3 is 2.21 bits per heavy atom. The van der Waals surface area contributed by atoms with Crippen LogP contribution in [0.25, 0.3) is 0 Å². The second-order valence-electron chi connectivity index (χ2n) is 7.94. The van der Waals surface area contributed by atoms with Crippen LogP contribution in [-0.2, 0) is 33.4 Å². The van der Waals surface area contributed by atoms with Crippen LogP contribution in [0.2, 0.25) is 0 Å². The third-order valence-corrected chi connectivity index (χ3v) is 5.34. The summed E-state index contributed by atoms with van der Waals surface area (Å²) in [4.78, 5) is 91.3. The number of carbonyl (C=O) groups excluding carboxylic acids is 6. The van der Waals surface area contributed by atoms with E-state index in [1.807, 2.05) is 0 Å². The summed E-state index contributed by atoms with van der Waals surface area (Å²) in [5.74, 6) is -2.41. The molecule has 0 aliphatic carbocycles. The monoisotopic (exact) mass is 544 g/mol. The maximum absolute atomic E-state index is 12.6. The highest BCUT2D eigenvalue weighted by molar-refractivity contribution is 5.97. The number of aromatic amines is 1. The number of nitrogens with zero attached hydrogens (tertiary/aromatic N) is 3. The van der Waals surface area contributed by atoms with E-state index >= 15 is 0 Å². The topological polar surface area (TPSA) is 197 Å². The number of amides is 4. The molecule has 1 heterocycles. The van der Waals surface area contributed by atoms with Crippen LogP contribution in [0, 0.1) is 0 Å². The molecule has 4 amide bonds. The molecule has 2 rings (SSSR count). The number of esters is 2. The van der Waals surface area contributed by atoms with Crippen LogP contribution in [0.15, 0.2) is 35.3 Å². The van der Waals surface area contributed by atoms with Gasteiger partial charge in [-0.2, -0.15) is 0 Å². The lowest BCUT2D eigenvalue weighted by atomic mass is 10.1. The molecule has 1 unspecified atom stereocenters. The van der Waals surface area contributed by atoms with Crippen molar-refractivity contribution in [2.75, 3.05) is 42.4 Å². The molecule has 15 nitrogen and oxygen atoms in total. The molecule has 15 heteroatoms. The minimum Gasteiger partial charge on any atom is -0.469 e. The summed E-state index contributed by atoms with van der Waals surface area (Å²) < 4.78 is 9.22. The molecule has 208 valence electrons. The van der Waals surface area contributed by atoms with Gasteiger partial charge in [-0.15, -0.1) is 0 Å². The fourth-order valence-electron chi connectivity index (χ4n) is 3.31. The van der Waals surface area contributed by atoms with Crippen molar-refractivity contribution in [1.29, 1.82) is 0 Å². The van der Waals surface area contributed by atoms with Gasteiger partial charge in [-0.25, -0.2) is 9.78 Å². The Morgan fingerprint density at radius 1 is 1.03 bits per heavy atom. The predicted octanol–water partition coefficient (Wildman–Crippen LogP) is -0.421. The van der Waals surface area contributed by atoms with Gasteiger partial charge in [-0.05, 0) is 30.7 Å². The Kier molecular flexibility index (Phi) is 11.3. The fourth-order valence-corrected chi connectivity index (χ4v) is 3.31. The lowest BCUT2D eigenvalue weighted by Gasteiger charge is -2.22. The van der Waals surface area contributed by atoms with Gasteiger partial charge < -0.3 is 24.6 Å². The number of ether oxygens (including phenoxy) is 2. The molecule has 0 radical (unpaired) electrons. The van der Waals surface area contributed by atoms with Gasteiger partial charge in [-0.3, -0.25) is 39.1 Å². The van der Waals surface area contributed by atoms with Crippen LogP contribution in [0.3, 0.4) is 0 Å². The van der Waals surface area contributed by atoms with E-state index in [0.29, 0.717) is 18.5 Å². The third kappa shape index (κ3) is 8.77. The minimum atomic E-state index is -1.08. The van der Waals surface area contributed by atoms with E-state index in [2.05, 4.69) is 30.1 Å². The van der Waals surface area contributed by atoms with Crippen molar-refractivity contribution in [2.45, 2.75) is 25.8 Å². The quantitative estimate of drug-likeness (QED) is 0.207. The first-order valence-electron chi connectivity index (χ1n) is 11.5. The second-order valence-corrected chi connectivity index (χ2v) is 7.94. The van der Waals surface area contributed by atoms with Gasteiger partial charge in [0.15, 0.2) is 0 Å². The molecule has 3 N–H and O–H groups in total. The molecular weight excluding hydrogens is 516 g/mol. The van der Waals surface area contributed by atoms with E-state index in [-0.39, 0.29) is 43.1 Å². The number of hydrogen-bond donors (Lipinski definition) is 3. The molecule has 0 aliphatic heterocycles. The average molecular weight is 545 g/mol. The highest BCUT2D eigenvalue weighted by atomic mass is 16.5. The summed E-state index contributed by atoms with van der Waals surface area (Å²) in [7, 11) is 2.36. The highest BCUT2D eigenvalue weighted by Gasteiger charge is 2.23. The second kappa shape index (κ2) is 14.6. The minimum absolute atomic E-state index is 0.0153. The summed E-state index contributed by atoms with van der Waals surface area (Å²) in [5.41, 5.74) is -0.214. The molecule has 0 aliphatic rings. The SMILES string of the molecule is COC(=O)CCC(NC(=O)c1ccc(N(C=O)CCN(C=O)c2cnc(NC(C)=O)[nH]c2=O)cc1)C(=O)OC. The van der Waals surface area contributed by atoms with E-state index in [1.165, 1.54) is 43.2 Å². The Labute approximate surface area is 222 Å². The number of anilines is 3. The number of rotatable bonds is 14. The van der Waals surface area contributed by atoms with Gasteiger partial charge in [-0.1, -0.05) is 0 Å². The summed E-state index contributed by atoms with van der Waals surface area (Å²) >= 11 is 0. The Balaban J connectivity index is 2.07. The maximum Gasteiger partial charge on any atom is 0.328 e. The van der Waals surface area contributed by atoms with Crippen LogP contribution < -0.4 is 26.0 Å². The van der Waals surface area contributed by atoms with Crippen molar-refractivity contribution in [3.63, 3.8) is 0 Å². The summed E-state index contributed by atoms with van der Waals surface area (Å²) in [5, 5.41) is 4.82. The molecule has 39 heavy (non-hydrogen) atoms. The third-order valence-electron chi connectivity index (χ3n) is 5.34. The predicted molar refractivity (Wildman–Crippen MR) is 137 cm³/mol.